The van der Waals surface area contributed by atoms with E-state index in [0.29, 0.717) is 42.6 Å². The van der Waals surface area contributed by atoms with Crippen molar-refractivity contribution in [2.45, 2.75) is 6.42 Å². The minimum Gasteiger partial charge on any atom is -0.339 e. The third-order valence-corrected chi connectivity index (χ3v) is 3.96. The molecular formula is C17H15N7O3. The summed E-state index contributed by atoms with van der Waals surface area (Å²) in [7, 11) is 0. The van der Waals surface area contributed by atoms with Crippen molar-refractivity contribution in [1.29, 1.82) is 0 Å². The molecule has 1 aliphatic rings. The molecule has 2 N–H and O–H groups in total. The van der Waals surface area contributed by atoms with Crippen LogP contribution in [-0.4, -0.2) is 50.2 Å². The highest BCUT2D eigenvalue weighted by Crippen LogP contribution is 2.20. The van der Waals surface area contributed by atoms with E-state index in [4.69, 9.17) is 4.52 Å². The first-order valence-corrected chi connectivity index (χ1v) is 8.24. The summed E-state index contributed by atoms with van der Waals surface area (Å²) < 4.78 is 5.28. The zero-order valence-corrected chi connectivity index (χ0v) is 14.1. The monoisotopic (exact) mass is 365 g/mol. The van der Waals surface area contributed by atoms with Crippen LogP contribution >= 0.6 is 0 Å². The molecule has 136 valence electrons. The van der Waals surface area contributed by atoms with Crippen molar-refractivity contribution in [1.82, 2.24) is 30.3 Å². The normalized spacial score (nSPS) is 13.5. The number of urea groups is 2. The Kier molecular flexibility index (Phi) is 4.44. The van der Waals surface area contributed by atoms with Gasteiger partial charge in [-0.05, 0) is 11.6 Å². The van der Waals surface area contributed by atoms with E-state index >= 15 is 0 Å². The number of nitrogens with zero attached hydrogens (tertiary/aromatic N) is 5. The van der Waals surface area contributed by atoms with Crippen molar-refractivity contribution in [3.63, 3.8) is 0 Å². The van der Waals surface area contributed by atoms with Gasteiger partial charge in [0.1, 0.15) is 5.69 Å². The zero-order chi connectivity index (χ0) is 18.6. The van der Waals surface area contributed by atoms with Crippen LogP contribution in [0.5, 0.6) is 0 Å². The molecule has 1 saturated heterocycles. The Bertz CT molecular complexity index is 973. The Morgan fingerprint density at radius 3 is 2.96 bits per heavy atom. The second kappa shape index (κ2) is 7.20. The van der Waals surface area contributed by atoms with Crippen molar-refractivity contribution in [3.8, 4) is 11.5 Å². The molecule has 0 aliphatic carbocycles. The highest BCUT2D eigenvalue weighted by atomic mass is 16.5. The summed E-state index contributed by atoms with van der Waals surface area (Å²) in [6.07, 6.45) is 4.97. The molecular weight excluding hydrogens is 350 g/mol. The van der Waals surface area contributed by atoms with Gasteiger partial charge in [0.05, 0.1) is 12.6 Å². The molecule has 4 rings (SSSR count). The largest absolute Gasteiger partial charge is 0.339 e. The molecule has 4 amide bonds. The quantitative estimate of drug-likeness (QED) is 0.720. The summed E-state index contributed by atoms with van der Waals surface area (Å²) >= 11 is 0. The van der Waals surface area contributed by atoms with E-state index in [2.05, 4.69) is 30.7 Å². The number of amides is 4. The van der Waals surface area contributed by atoms with Crippen LogP contribution in [0, 0.1) is 0 Å². The molecule has 3 aromatic rings. The van der Waals surface area contributed by atoms with Crippen LogP contribution in [0.15, 0.2) is 47.4 Å². The van der Waals surface area contributed by atoms with E-state index in [9.17, 15) is 9.59 Å². The topological polar surface area (TPSA) is 126 Å². The number of carbonyl (C=O) groups excluding carboxylic acids is 2. The Labute approximate surface area is 153 Å². The van der Waals surface area contributed by atoms with Gasteiger partial charge in [-0.1, -0.05) is 23.4 Å². The fraction of sp³-hybridized carbons (Fsp3) is 0.176. The number of para-hydroxylation sites is 1. The third-order valence-electron chi connectivity index (χ3n) is 3.96. The van der Waals surface area contributed by atoms with Crippen molar-refractivity contribution in [2.75, 3.05) is 18.4 Å². The molecule has 0 atom stereocenters. The van der Waals surface area contributed by atoms with Gasteiger partial charge in [-0.3, -0.25) is 4.98 Å². The molecule has 1 aromatic carbocycles. The Morgan fingerprint density at radius 2 is 2.19 bits per heavy atom. The number of rotatable bonds is 4. The van der Waals surface area contributed by atoms with Crippen molar-refractivity contribution >= 4 is 17.7 Å². The lowest BCUT2D eigenvalue weighted by Crippen LogP contribution is -2.37. The summed E-state index contributed by atoms with van der Waals surface area (Å²) in [6, 6.07) is 6.33. The molecule has 27 heavy (non-hydrogen) atoms. The maximum Gasteiger partial charge on any atom is 0.330 e. The van der Waals surface area contributed by atoms with E-state index in [-0.39, 0.29) is 0 Å². The van der Waals surface area contributed by atoms with Crippen LogP contribution in [0.4, 0.5) is 15.3 Å². The molecule has 3 heterocycles. The lowest BCUT2D eigenvalue weighted by molar-refractivity contribution is 0.207. The zero-order valence-electron chi connectivity index (χ0n) is 14.1. The fourth-order valence-corrected chi connectivity index (χ4v) is 2.65. The lowest BCUT2D eigenvalue weighted by atomic mass is 10.1. The number of anilines is 1. The van der Waals surface area contributed by atoms with Gasteiger partial charge >= 0.3 is 12.1 Å². The van der Waals surface area contributed by atoms with Gasteiger partial charge < -0.3 is 15.2 Å². The first kappa shape index (κ1) is 16.6. The van der Waals surface area contributed by atoms with Crippen LogP contribution < -0.4 is 10.6 Å². The molecule has 0 radical (unpaired) electrons. The number of hydrogen-bond donors (Lipinski definition) is 2. The second-order valence-electron chi connectivity index (χ2n) is 5.75. The van der Waals surface area contributed by atoms with Crippen LogP contribution in [-0.2, 0) is 6.42 Å². The predicted octanol–water partition coefficient (Wildman–Crippen LogP) is 1.67. The second-order valence-corrected chi connectivity index (χ2v) is 5.75. The van der Waals surface area contributed by atoms with E-state index in [1.54, 1.807) is 30.7 Å². The number of nitrogens with one attached hydrogen (secondary N) is 2. The molecule has 0 spiro atoms. The molecule has 2 aromatic heterocycles. The Balaban J connectivity index is 1.51. The van der Waals surface area contributed by atoms with Crippen molar-refractivity contribution in [3.05, 3.63) is 54.3 Å². The molecule has 1 fully saturated rings. The summed E-state index contributed by atoms with van der Waals surface area (Å²) in [5, 5.41) is 9.26. The third kappa shape index (κ3) is 3.59. The molecule has 10 nitrogen and oxygen atoms in total. The fourth-order valence-electron chi connectivity index (χ4n) is 2.65. The summed E-state index contributed by atoms with van der Waals surface area (Å²) in [5.74, 6) is 0.713. The minimum atomic E-state index is -0.483. The molecule has 0 bridgehead atoms. The Morgan fingerprint density at radius 1 is 1.30 bits per heavy atom. The first-order valence-electron chi connectivity index (χ1n) is 8.24. The van der Waals surface area contributed by atoms with E-state index < -0.39 is 12.1 Å². The number of benzene rings is 1. The van der Waals surface area contributed by atoms with E-state index in [1.165, 1.54) is 0 Å². The summed E-state index contributed by atoms with van der Waals surface area (Å²) in [4.78, 5) is 37.5. The average molecular weight is 365 g/mol. The standard InChI is InChI=1S/C17H15N7O3/c25-16-20-7-8-24(16)17(26)21-12-4-2-1-3-11(12)9-14-22-15(23-27-14)13-10-18-5-6-19-13/h1-6,10H,7-9H2,(H,20,25)(H,21,26). The van der Waals surface area contributed by atoms with E-state index in [1.807, 2.05) is 12.1 Å². The highest BCUT2D eigenvalue weighted by molar-refractivity contribution is 6.01. The van der Waals surface area contributed by atoms with Crippen LogP contribution in [0.2, 0.25) is 0 Å². The van der Waals surface area contributed by atoms with Crippen LogP contribution in [0.3, 0.4) is 0 Å². The van der Waals surface area contributed by atoms with Crippen LogP contribution in [0.1, 0.15) is 11.5 Å². The van der Waals surface area contributed by atoms with Crippen molar-refractivity contribution in [2.24, 2.45) is 0 Å². The smallest absolute Gasteiger partial charge is 0.330 e. The van der Waals surface area contributed by atoms with Crippen LogP contribution in [0.25, 0.3) is 11.5 Å². The predicted molar refractivity (Wildman–Crippen MR) is 93.7 cm³/mol. The SMILES string of the molecule is O=C1NCCN1C(=O)Nc1ccccc1Cc1nc(-c2cnccn2)no1. The highest BCUT2D eigenvalue weighted by Gasteiger charge is 2.26. The molecule has 0 saturated carbocycles. The maximum absolute atomic E-state index is 12.3. The number of aromatic nitrogens is 4. The van der Waals surface area contributed by atoms with E-state index in [0.717, 1.165) is 10.5 Å². The van der Waals surface area contributed by atoms with Gasteiger partial charge in [-0.2, -0.15) is 4.98 Å². The molecule has 0 unspecified atom stereocenters. The van der Waals surface area contributed by atoms with Gasteiger partial charge in [0.25, 0.3) is 0 Å². The van der Waals surface area contributed by atoms with Gasteiger partial charge in [0.15, 0.2) is 0 Å². The van der Waals surface area contributed by atoms with Gasteiger partial charge in [0.2, 0.25) is 11.7 Å². The maximum atomic E-state index is 12.3. The first-order chi connectivity index (χ1) is 13.2. The average Bonchev–Trinajstić information content (AvgIpc) is 3.33. The van der Waals surface area contributed by atoms with Gasteiger partial charge in [-0.15, -0.1) is 0 Å². The van der Waals surface area contributed by atoms with Gasteiger partial charge in [0, 0.05) is 31.2 Å². The minimum absolute atomic E-state index is 0.315. The molecule has 1 aliphatic heterocycles. The number of imide groups is 1. The van der Waals surface area contributed by atoms with Crippen molar-refractivity contribution < 1.29 is 14.1 Å². The summed E-state index contributed by atoms with van der Waals surface area (Å²) in [5.41, 5.74) is 1.86. The summed E-state index contributed by atoms with van der Waals surface area (Å²) in [6.45, 7) is 0.777. The number of hydrogen-bond acceptors (Lipinski definition) is 7. The lowest BCUT2D eigenvalue weighted by Gasteiger charge is -2.15. The Hall–Kier alpha value is -3.82. The van der Waals surface area contributed by atoms with Gasteiger partial charge in [-0.25, -0.2) is 19.5 Å². The number of carbonyl (C=O) groups is 2. The molecule has 10 heteroatoms.